The molecule has 1 N–H and O–H groups in total. The fourth-order valence-corrected chi connectivity index (χ4v) is 3.61. The van der Waals surface area contributed by atoms with Gasteiger partial charge in [0.05, 0.1) is 5.75 Å². The Kier molecular flexibility index (Phi) is 5.90. The first kappa shape index (κ1) is 16.6. The van der Waals surface area contributed by atoms with Gasteiger partial charge in [0.1, 0.15) is 0 Å². The van der Waals surface area contributed by atoms with E-state index >= 15 is 0 Å². The lowest BCUT2D eigenvalue weighted by atomic mass is 10.1. The van der Waals surface area contributed by atoms with E-state index in [9.17, 15) is 4.79 Å². The number of anilines is 1. The Balaban J connectivity index is 1.97. The van der Waals surface area contributed by atoms with E-state index in [1.54, 1.807) is 0 Å². The van der Waals surface area contributed by atoms with E-state index in [2.05, 4.69) is 37.2 Å². The van der Waals surface area contributed by atoms with Crippen LogP contribution < -0.4 is 5.32 Å². The van der Waals surface area contributed by atoms with Crippen molar-refractivity contribution in [3.05, 3.63) is 56.5 Å². The summed E-state index contributed by atoms with van der Waals surface area (Å²) in [7, 11) is 0. The van der Waals surface area contributed by atoms with Crippen LogP contribution in [0.5, 0.6) is 0 Å². The van der Waals surface area contributed by atoms with Gasteiger partial charge in [-0.15, -0.1) is 11.8 Å². The third-order valence-corrected chi connectivity index (χ3v) is 4.94. The number of thioether (sulfide) groups is 1. The summed E-state index contributed by atoms with van der Waals surface area (Å²) >= 11 is 8.39. The topological polar surface area (TPSA) is 29.1 Å². The molecular formula is C16H15Br2NOS. The quantitative estimate of drug-likeness (QED) is 0.645. The molecule has 110 valence electrons. The Morgan fingerprint density at radius 2 is 1.62 bits per heavy atom. The number of carbonyl (C=O) groups excluding carboxylic acids is 1. The molecule has 1 amide bonds. The van der Waals surface area contributed by atoms with Gasteiger partial charge in [-0.2, -0.15) is 0 Å². The average Bonchev–Trinajstić information content (AvgIpc) is 2.42. The summed E-state index contributed by atoms with van der Waals surface area (Å²) in [5.41, 5.74) is 3.02. The third-order valence-electron chi connectivity index (χ3n) is 2.95. The Labute approximate surface area is 146 Å². The highest BCUT2D eigenvalue weighted by Crippen LogP contribution is 2.26. The number of hydrogen-bond acceptors (Lipinski definition) is 2. The first-order chi connectivity index (χ1) is 9.95. The molecular weight excluding hydrogens is 414 g/mol. The van der Waals surface area contributed by atoms with Crippen LogP contribution in [0, 0.1) is 13.8 Å². The standard InChI is InChI=1S/C16H15Br2NOS/c1-10-7-13(18)8-11(2)16(10)19-15(20)9-21-14-5-3-12(17)4-6-14/h3-8H,9H2,1-2H3,(H,19,20). The van der Waals surface area contributed by atoms with Crippen molar-refractivity contribution < 1.29 is 4.79 Å². The van der Waals surface area contributed by atoms with Crippen molar-refractivity contribution in [1.82, 2.24) is 0 Å². The highest BCUT2D eigenvalue weighted by atomic mass is 79.9. The maximum Gasteiger partial charge on any atom is 0.234 e. The summed E-state index contributed by atoms with van der Waals surface area (Å²) < 4.78 is 2.07. The Bertz CT molecular complexity index is 633. The fourth-order valence-electron chi connectivity index (χ4n) is 1.96. The minimum absolute atomic E-state index is 0.0106. The van der Waals surface area contributed by atoms with Crippen molar-refractivity contribution in [3.8, 4) is 0 Å². The van der Waals surface area contributed by atoms with Gasteiger partial charge in [-0.25, -0.2) is 0 Å². The van der Waals surface area contributed by atoms with Crippen molar-refractivity contribution >= 4 is 55.2 Å². The maximum absolute atomic E-state index is 12.1. The first-order valence-electron chi connectivity index (χ1n) is 6.40. The monoisotopic (exact) mass is 427 g/mol. The van der Waals surface area contributed by atoms with Gasteiger partial charge >= 0.3 is 0 Å². The molecule has 0 heterocycles. The molecule has 0 unspecified atom stereocenters. The normalized spacial score (nSPS) is 10.5. The molecule has 0 aliphatic rings. The number of hydrogen-bond donors (Lipinski definition) is 1. The summed E-state index contributed by atoms with van der Waals surface area (Å²) in [6, 6.07) is 12.0. The van der Waals surface area contributed by atoms with Crippen molar-refractivity contribution in [2.45, 2.75) is 18.7 Å². The van der Waals surface area contributed by atoms with Crippen molar-refractivity contribution in [2.24, 2.45) is 0 Å². The molecule has 0 saturated carbocycles. The SMILES string of the molecule is Cc1cc(Br)cc(C)c1NC(=O)CSc1ccc(Br)cc1. The molecule has 0 saturated heterocycles. The molecule has 2 aromatic carbocycles. The smallest absolute Gasteiger partial charge is 0.234 e. The molecule has 0 fully saturated rings. The molecule has 2 nitrogen and oxygen atoms in total. The van der Waals surface area contributed by atoms with Crippen LogP contribution in [-0.4, -0.2) is 11.7 Å². The van der Waals surface area contributed by atoms with Crippen LogP contribution in [0.15, 0.2) is 50.2 Å². The molecule has 2 aromatic rings. The molecule has 0 atom stereocenters. The summed E-state index contributed by atoms with van der Waals surface area (Å²) in [6.45, 7) is 3.99. The predicted octanol–water partition coefficient (Wildman–Crippen LogP) is 5.56. The minimum atomic E-state index is 0.0106. The van der Waals surface area contributed by atoms with E-state index < -0.39 is 0 Å². The van der Waals surface area contributed by atoms with E-state index in [0.717, 1.165) is 30.7 Å². The number of carbonyl (C=O) groups is 1. The van der Waals surface area contributed by atoms with Gasteiger partial charge in [-0.05, 0) is 61.4 Å². The third kappa shape index (κ3) is 4.87. The molecule has 0 aliphatic heterocycles. The fraction of sp³-hybridized carbons (Fsp3) is 0.188. The number of halogens is 2. The second-order valence-electron chi connectivity index (χ2n) is 4.71. The molecule has 0 aromatic heterocycles. The number of amides is 1. The van der Waals surface area contributed by atoms with Crippen molar-refractivity contribution in [2.75, 3.05) is 11.1 Å². The number of rotatable bonds is 4. The molecule has 0 spiro atoms. The second kappa shape index (κ2) is 7.47. The van der Waals surface area contributed by atoms with Crippen LogP contribution in [0.2, 0.25) is 0 Å². The molecule has 5 heteroatoms. The van der Waals surface area contributed by atoms with Crippen LogP contribution in [0.4, 0.5) is 5.69 Å². The molecule has 0 radical (unpaired) electrons. The zero-order valence-corrected chi connectivity index (χ0v) is 15.7. The first-order valence-corrected chi connectivity index (χ1v) is 8.98. The van der Waals surface area contributed by atoms with Gasteiger partial charge in [0, 0.05) is 19.5 Å². The average molecular weight is 429 g/mol. The summed E-state index contributed by atoms with van der Waals surface area (Å²) in [4.78, 5) is 13.2. The van der Waals surface area contributed by atoms with Crippen LogP contribution in [0.1, 0.15) is 11.1 Å². The predicted molar refractivity (Wildman–Crippen MR) is 97.1 cm³/mol. The highest BCUT2D eigenvalue weighted by Gasteiger charge is 2.09. The van der Waals surface area contributed by atoms with Crippen LogP contribution >= 0.6 is 43.6 Å². The minimum Gasteiger partial charge on any atom is -0.325 e. The van der Waals surface area contributed by atoms with E-state index in [-0.39, 0.29) is 5.91 Å². The number of aryl methyl sites for hydroxylation is 2. The lowest BCUT2D eigenvalue weighted by Crippen LogP contribution is -2.15. The van der Waals surface area contributed by atoms with Crippen molar-refractivity contribution in [1.29, 1.82) is 0 Å². The van der Waals surface area contributed by atoms with E-state index in [1.165, 1.54) is 11.8 Å². The van der Waals surface area contributed by atoms with Crippen LogP contribution in [0.25, 0.3) is 0 Å². The second-order valence-corrected chi connectivity index (χ2v) is 7.59. The van der Waals surface area contributed by atoms with Gasteiger partial charge < -0.3 is 5.32 Å². The Hall–Kier alpha value is -0.780. The molecule has 0 aliphatic carbocycles. The van der Waals surface area contributed by atoms with E-state index in [1.807, 2.05) is 50.2 Å². The zero-order valence-electron chi connectivity index (χ0n) is 11.7. The molecule has 0 bridgehead atoms. The van der Waals surface area contributed by atoms with Gasteiger partial charge in [0.15, 0.2) is 0 Å². The lowest BCUT2D eigenvalue weighted by molar-refractivity contribution is -0.113. The zero-order chi connectivity index (χ0) is 15.4. The largest absolute Gasteiger partial charge is 0.325 e. The van der Waals surface area contributed by atoms with Crippen LogP contribution in [-0.2, 0) is 4.79 Å². The highest BCUT2D eigenvalue weighted by molar-refractivity contribution is 9.10. The van der Waals surface area contributed by atoms with Crippen molar-refractivity contribution in [3.63, 3.8) is 0 Å². The lowest BCUT2D eigenvalue weighted by Gasteiger charge is -2.12. The van der Waals surface area contributed by atoms with Crippen LogP contribution in [0.3, 0.4) is 0 Å². The van der Waals surface area contributed by atoms with E-state index in [0.29, 0.717) is 5.75 Å². The summed E-state index contributed by atoms with van der Waals surface area (Å²) in [5, 5.41) is 3.00. The van der Waals surface area contributed by atoms with E-state index in [4.69, 9.17) is 0 Å². The molecule has 21 heavy (non-hydrogen) atoms. The Morgan fingerprint density at radius 1 is 1.05 bits per heavy atom. The van der Waals surface area contributed by atoms with Gasteiger partial charge in [-0.3, -0.25) is 4.79 Å². The van der Waals surface area contributed by atoms with Gasteiger partial charge in [0.25, 0.3) is 0 Å². The molecule has 2 rings (SSSR count). The number of nitrogens with one attached hydrogen (secondary N) is 1. The maximum atomic E-state index is 12.1. The summed E-state index contributed by atoms with van der Waals surface area (Å²) in [6.07, 6.45) is 0. The van der Waals surface area contributed by atoms with Gasteiger partial charge in [0.2, 0.25) is 5.91 Å². The summed E-state index contributed by atoms with van der Waals surface area (Å²) in [5.74, 6) is 0.410. The van der Waals surface area contributed by atoms with Gasteiger partial charge in [-0.1, -0.05) is 31.9 Å². The Morgan fingerprint density at radius 3 is 2.19 bits per heavy atom. The number of benzene rings is 2.